The third-order valence-corrected chi connectivity index (χ3v) is 3.95. The van der Waals surface area contributed by atoms with E-state index in [1.807, 2.05) is 39.0 Å². The molecule has 1 amide bonds. The van der Waals surface area contributed by atoms with Gasteiger partial charge >= 0.3 is 0 Å². The van der Waals surface area contributed by atoms with Crippen LogP contribution >= 0.6 is 11.6 Å². The van der Waals surface area contributed by atoms with Crippen LogP contribution in [-0.2, 0) is 4.79 Å². The highest BCUT2D eigenvalue weighted by Gasteiger charge is 2.18. The second kappa shape index (κ2) is 7.37. The molecule has 0 fully saturated rings. The van der Waals surface area contributed by atoms with Gasteiger partial charge in [0.15, 0.2) is 6.10 Å². The quantitative estimate of drug-likeness (QED) is 0.887. The Balaban J connectivity index is 2.12. The first kappa shape index (κ1) is 17.8. The van der Waals surface area contributed by atoms with E-state index in [0.717, 1.165) is 22.4 Å². The van der Waals surface area contributed by atoms with Gasteiger partial charge in [0.05, 0.1) is 16.7 Å². The standard InChI is InChI=1S/C19H19ClN2O2/c1-11-7-12(2)18(13(3)8-11)22-19(23)14(4)24-17-6-5-15(10-21)9-16(17)20/h5-9,14H,1-4H3,(H,22,23)/t14-/m0/s1. The molecule has 2 aromatic rings. The highest BCUT2D eigenvalue weighted by Crippen LogP contribution is 2.27. The molecule has 124 valence electrons. The van der Waals surface area contributed by atoms with E-state index >= 15 is 0 Å². The van der Waals surface area contributed by atoms with Crippen molar-refractivity contribution in [2.45, 2.75) is 33.8 Å². The van der Waals surface area contributed by atoms with E-state index in [2.05, 4.69) is 5.32 Å². The largest absolute Gasteiger partial charge is 0.479 e. The van der Waals surface area contributed by atoms with Crippen LogP contribution in [0.25, 0.3) is 0 Å². The predicted octanol–water partition coefficient (Wildman–Crippen LogP) is 4.54. The number of rotatable bonds is 4. The number of nitrogens with one attached hydrogen (secondary N) is 1. The Bertz CT molecular complexity index is 802. The van der Waals surface area contributed by atoms with Crippen LogP contribution in [0.1, 0.15) is 29.2 Å². The minimum atomic E-state index is -0.726. The van der Waals surface area contributed by atoms with E-state index in [9.17, 15) is 4.79 Å². The molecule has 5 heteroatoms. The number of benzene rings is 2. The smallest absolute Gasteiger partial charge is 0.265 e. The molecule has 1 atom stereocenters. The predicted molar refractivity (Wildman–Crippen MR) is 95.5 cm³/mol. The van der Waals surface area contributed by atoms with Crippen molar-refractivity contribution in [2.24, 2.45) is 0 Å². The summed E-state index contributed by atoms with van der Waals surface area (Å²) in [5, 5.41) is 12.1. The van der Waals surface area contributed by atoms with E-state index in [0.29, 0.717) is 16.3 Å². The van der Waals surface area contributed by atoms with Gasteiger partial charge in [-0.2, -0.15) is 5.26 Å². The molecule has 0 aliphatic carbocycles. The molecule has 0 unspecified atom stereocenters. The number of hydrogen-bond acceptors (Lipinski definition) is 3. The van der Waals surface area contributed by atoms with Gasteiger partial charge in [-0.3, -0.25) is 4.79 Å². The normalized spacial score (nSPS) is 11.5. The molecular formula is C19H19ClN2O2. The summed E-state index contributed by atoms with van der Waals surface area (Å²) in [5.74, 6) is 0.112. The zero-order chi connectivity index (χ0) is 17.9. The number of halogens is 1. The number of nitriles is 1. The average molecular weight is 343 g/mol. The van der Waals surface area contributed by atoms with Crippen LogP contribution in [0.5, 0.6) is 5.75 Å². The first-order valence-electron chi connectivity index (χ1n) is 7.57. The Labute approximate surface area is 147 Å². The number of carbonyl (C=O) groups is 1. The third-order valence-electron chi connectivity index (χ3n) is 3.66. The highest BCUT2D eigenvalue weighted by atomic mass is 35.5. The fourth-order valence-electron chi connectivity index (χ4n) is 2.51. The monoisotopic (exact) mass is 342 g/mol. The summed E-state index contributed by atoms with van der Waals surface area (Å²) < 4.78 is 5.63. The fourth-order valence-corrected chi connectivity index (χ4v) is 2.74. The number of amides is 1. The maximum absolute atomic E-state index is 12.4. The summed E-state index contributed by atoms with van der Waals surface area (Å²) >= 11 is 6.08. The van der Waals surface area contributed by atoms with E-state index < -0.39 is 6.10 Å². The van der Waals surface area contributed by atoms with Crippen molar-refractivity contribution >= 4 is 23.2 Å². The number of hydrogen-bond donors (Lipinski definition) is 1. The Morgan fingerprint density at radius 2 is 1.83 bits per heavy atom. The summed E-state index contributed by atoms with van der Waals surface area (Å²) in [4.78, 5) is 12.4. The number of carbonyl (C=O) groups excluding carboxylic acids is 1. The minimum absolute atomic E-state index is 0.259. The van der Waals surface area contributed by atoms with Gasteiger partial charge in [0.1, 0.15) is 5.75 Å². The zero-order valence-electron chi connectivity index (χ0n) is 14.1. The van der Waals surface area contributed by atoms with E-state index in [4.69, 9.17) is 21.6 Å². The molecule has 0 radical (unpaired) electrons. The molecule has 0 spiro atoms. The lowest BCUT2D eigenvalue weighted by atomic mass is 10.0. The Morgan fingerprint density at radius 1 is 1.21 bits per heavy atom. The van der Waals surface area contributed by atoms with Gasteiger partial charge in [-0.05, 0) is 57.0 Å². The van der Waals surface area contributed by atoms with Crippen molar-refractivity contribution in [3.05, 3.63) is 57.6 Å². The van der Waals surface area contributed by atoms with Gasteiger partial charge in [0, 0.05) is 5.69 Å². The van der Waals surface area contributed by atoms with Crippen LogP contribution in [0, 0.1) is 32.1 Å². The van der Waals surface area contributed by atoms with Crippen LogP contribution in [0.4, 0.5) is 5.69 Å². The SMILES string of the molecule is Cc1cc(C)c(NC(=O)[C@H](C)Oc2ccc(C#N)cc2Cl)c(C)c1. The molecule has 0 heterocycles. The Hall–Kier alpha value is -2.51. The molecule has 2 rings (SSSR count). The summed E-state index contributed by atoms with van der Waals surface area (Å²) in [7, 11) is 0. The average Bonchev–Trinajstić information content (AvgIpc) is 2.52. The van der Waals surface area contributed by atoms with Crippen molar-refractivity contribution in [1.29, 1.82) is 5.26 Å². The maximum atomic E-state index is 12.4. The molecule has 1 N–H and O–H groups in total. The van der Waals surface area contributed by atoms with Crippen molar-refractivity contribution in [1.82, 2.24) is 0 Å². The Kier molecular flexibility index (Phi) is 5.48. The molecule has 0 bridgehead atoms. The summed E-state index contributed by atoms with van der Waals surface area (Å²) in [6.07, 6.45) is -0.726. The number of aryl methyl sites for hydroxylation is 3. The molecule has 4 nitrogen and oxygen atoms in total. The zero-order valence-corrected chi connectivity index (χ0v) is 14.9. The molecule has 0 saturated heterocycles. The fraction of sp³-hybridized carbons (Fsp3) is 0.263. The summed E-state index contributed by atoms with van der Waals surface area (Å²) in [6.45, 7) is 7.59. The molecule has 2 aromatic carbocycles. The van der Waals surface area contributed by atoms with Crippen LogP contribution in [0.3, 0.4) is 0 Å². The number of nitrogens with zero attached hydrogens (tertiary/aromatic N) is 1. The van der Waals surface area contributed by atoms with Crippen LogP contribution in [0.2, 0.25) is 5.02 Å². The lowest BCUT2D eigenvalue weighted by Gasteiger charge is -2.18. The molecule has 0 saturated carbocycles. The van der Waals surface area contributed by atoms with E-state index in [1.165, 1.54) is 6.07 Å². The van der Waals surface area contributed by atoms with Gasteiger partial charge in [-0.25, -0.2) is 0 Å². The second-order valence-electron chi connectivity index (χ2n) is 5.78. The summed E-state index contributed by atoms with van der Waals surface area (Å²) in [5.41, 5.74) is 4.40. The van der Waals surface area contributed by atoms with Crippen molar-refractivity contribution in [3.8, 4) is 11.8 Å². The first-order chi connectivity index (χ1) is 11.3. The second-order valence-corrected chi connectivity index (χ2v) is 6.19. The van der Waals surface area contributed by atoms with Crippen LogP contribution in [-0.4, -0.2) is 12.0 Å². The van der Waals surface area contributed by atoms with Gasteiger partial charge in [0.25, 0.3) is 5.91 Å². The van der Waals surface area contributed by atoms with E-state index in [1.54, 1.807) is 19.1 Å². The van der Waals surface area contributed by atoms with Gasteiger partial charge in [-0.15, -0.1) is 0 Å². The lowest BCUT2D eigenvalue weighted by Crippen LogP contribution is -2.30. The molecule has 0 aliphatic rings. The highest BCUT2D eigenvalue weighted by molar-refractivity contribution is 6.32. The van der Waals surface area contributed by atoms with Crippen molar-refractivity contribution < 1.29 is 9.53 Å². The van der Waals surface area contributed by atoms with Gasteiger partial charge < -0.3 is 10.1 Å². The summed E-state index contributed by atoms with van der Waals surface area (Å²) in [6, 6.07) is 10.7. The van der Waals surface area contributed by atoms with Crippen LogP contribution < -0.4 is 10.1 Å². The Morgan fingerprint density at radius 3 is 2.38 bits per heavy atom. The maximum Gasteiger partial charge on any atom is 0.265 e. The number of ether oxygens (including phenoxy) is 1. The van der Waals surface area contributed by atoms with E-state index in [-0.39, 0.29) is 5.91 Å². The van der Waals surface area contributed by atoms with Crippen molar-refractivity contribution in [2.75, 3.05) is 5.32 Å². The number of anilines is 1. The molecular weight excluding hydrogens is 324 g/mol. The van der Waals surface area contributed by atoms with Crippen molar-refractivity contribution in [3.63, 3.8) is 0 Å². The van der Waals surface area contributed by atoms with Gasteiger partial charge in [0.2, 0.25) is 0 Å². The molecule has 0 aromatic heterocycles. The van der Waals surface area contributed by atoms with Crippen LogP contribution in [0.15, 0.2) is 30.3 Å². The topological polar surface area (TPSA) is 62.1 Å². The first-order valence-corrected chi connectivity index (χ1v) is 7.94. The minimum Gasteiger partial charge on any atom is -0.479 e. The van der Waals surface area contributed by atoms with Gasteiger partial charge in [-0.1, -0.05) is 29.3 Å². The molecule has 0 aliphatic heterocycles. The third kappa shape index (κ3) is 4.06. The lowest BCUT2D eigenvalue weighted by molar-refractivity contribution is -0.122. The molecule has 24 heavy (non-hydrogen) atoms.